The van der Waals surface area contributed by atoms with Crippen LogP contribution >= 0.6 is 0 Å². The van der Waals surface area contributed by atoms with Gasteiger partial charge in [0.15, 0.2) is 0 Å². The molecule has 3 nitrogen and oxygen atoms in total. The molecule has 5 rings (SSSR count). The van der Waals surface area contributed by atoms with Gasteiger partial charge in [-0.15, -0.1) is 0 Å². The van der Waals surface area contributed by atoms with Crippen LogP contribution in [0.1, 0.15) is 102 Å². The van der Waals surface area contributed by atoms with E-state index in [1.165, 1.54) is 98.9 Å². The van der Waals surface area contributed by atoms with Crippen LogP contribution in [0, 0.1) is 0 Å². The molecule has 1 aliphatic heterocycles. The molecule has 0 aliphatic carbocycles. The molecule has 0 radical (unpaired) electrons. The summed E-state index contributed by atoms with van der Waals surface area (Å²) in [6, 6.07) is 21.5. The van der Waals surface area contributed by atoms with Gasteiger partial charge in [0.1, 0.15) is 11.5 Å². The number of carbonyl (C=O) groups excluding carboxylic acids is 1. The molecule has 4 aromatic carbocycles. The van der Waals surface area contributed by atoms with E-state index in [2.05, 4.69) is 62.4 Å². The van der Waals surface area contributed by atoms with Crippen molar-refractivity contribution >= 4 is 27.7 Å². The van der Waals surface area contributed by atoms with Crippen molar-refractivity contribution in [2.75, 3.05) is 0 Å². The molecular weight excluding hydrogens is 492 g/mol. The van der Waals surface area contributed by atoms with E-state index in [1.54, 1.807) is 0 Å². The normalized spacial score (nSPS) is 12.6. The second kappa shape index (κ2) is 13.8. The maximum atomic E-state index is 12.6. The third kappa shape index (κ3) is 6.69. The minimum Gasteiger partial charge on any atom is -0.394 e. The summed E-state index contributed by atoms with van der Waals surface area (Å²) in [5, 5.41) is 4.52. The lowest BCUT2D eigenvalue weighted by molar-refractivity contribution is 0.154. The monoisotopic (exact) mass is 536 g/mol. The molecule has 4 aromatic rings. The van der Waals surface area contributed by atoms with E-state index in [4.69, 9.17) is 9.47 Å². The molecule has 0 N–H and O–H groups in total. The number of benzene rings is 4. The smallest absolute Gasteiger partial charge is 0.394 e. The van der Waals surface area contributed by atoms with Gasteiger partial charge in [0.05, 0.1) is 0 Å². The van der Waals surface area contributed by atoms with Crippen LogP contribution in [-0.2, 0) is 12.8 Å². The number of aryl methyl sites for hydroxylation is 2. The van der Waals surface area contributed by atoms with Crippen molar-refractivity contribution in [3.05, 3.63) is 71.8 Å². The molecule has 1 heterocycles. The van der Waals surface area contributed by atoms with E-state index in [0.29, 0.717) is 11.5 Å². The molecule has 0 bridgehead atoms. The molecule has 0 unspecified atom stereocenters. The highest BCUT2D eigenvalue weighted by Crippen LogP contribution is 2.47. The number of ether oxygens (including phenoxy) is 2. The van der Waals surface area contributed by atoms with Crippen molar-refractivity contribution in [3.63, 3.8) is 0 Å². The number of carbonyl (C=O) groups is 1. The lowest BCUT2D eigenvalue weighted by Gasteiger charge is -2.15. The zero-order valence-corrected chi connectivity index (χ0v) is 24.4. The summed E-state index contributed by atoms with van der Waals surface area (Å²) in [6.07, 6.45) is 17.1. The van der Waals surface area contributed by atoms with Gasteiger partial charge in [0.2, 0.25) is 0 Å². The Kier molecular flexibility index (Phi) is 9.76. The fourth-order valence-corrected chi connectivity index (χ4v) is 6.13. The quantitative estimate of drug-likeness (QED) is 0.0913. The van der Waals surface area contributed by atoms with Crippen molar-refractivity contribution in [2.24, 2.45) is 0 Å². The number of rotatable bonds is 14. The van der Waals surface area contributed by atoms with Crippen LogP contribution < -0.4 is 9.47 Å². The predicted molar refractivity (Wildman–Crippen MR) is 168 cm³/mol. The minimum atomic E-state index is -0.682. The number of hydrogen-bond donors (Lipinski definition) is 0. The van der Waals surface area contributed by atoms with E-state index in [0.717, 1.165) is 34.7 Å². The van der Waals surface area contributed by atoms with Gasteiger partial charge in [-0.1, -0.05) is 127 Å². The molecule has 0 amide bonds. The highest BCUT2D eigenvalue weighted by molar-refractivity contribution is 6.11. The molecule has 0 aromatic heterocycles. The van der Waals surface area contributed by atoms with E-state index < -0.39 is 6.16 Å². The Hall–Kier alpha value is -3.33. The Balaban J connectivity index is 1.43. The molecular formula is C37H44O3. The minimum absolute atomic E-state index is 0.559. The Labute approximate surface area is 239 Å². The Morgan fingerprint density at radius 2 is 0.925 bits per heavy atom. The second-order valence-corrected chi connectivity index (χ2v) is 11.5. The summed E-state index contributed by atoms with van der Waals surface area (Å²) in [5.41, 5.74) is 4.61. The summed E-state index contributed by atoms with van der Waals surface area (Å²) in [4.78, 5) is 12.6. The van der Waals surface area contributed by atoms with Crippen LogP contribution in [0.5, 0.6) is 11.5 Å². The van der Waals surface area contributed by atoms with Gasteiger partial charge >= 0.3 is 6.16 Å². The number of hydrogen-bond acceptors (Lipinski definition) is 3. The Morgan fingerprint density at radius 3 is 1.38 bits per heavy atom. The molecule has 0 spiro atoms. The predicted octanol–water partition coefficient (Wildman–Crippen LogP) is 11.4. The number of fused-ring (bicyclic) bond motifs is 7. The lowest BCUT2D eigenvalue weighted by Crippen LogP contribution is -2.12. The van der Waals surface area contributed by atoms with Crippen LogP contribution in [0.25, 0.3) is 32.7 Å². The zero-order valence-electron chi connectivity index (χ0n) is 24.4. The molecule has 0 saturated carbocycles. The van der Waals surface area contributed by atoms with Crippen molar-refractivity contribution in [2.45, 2.75) is 104 Å². The van der Waals surface area contributed by atoms with Crippen LogP contribution in [0.3, 0.4) is 0 Å². The fourth-order valence-electron chi connectivity index (χ4n) is 6.13. The summed E-state index contributed by atoms with van der Waals surface area (Å²) >= 11 is 0. The average Bonchev–Trinajstić information content (AvgIpc) is 3.12. The summed E-state index contributed by atoms with van der Waals surface area (Å²) in [5.74, 6) is 1.12. The lowest BCUT2D eigenvalue weighted by atomic mass is 9.90. The van der Waals surface area contributed by atoms with Gasteiger partial charge in [-0.05, 0) is 70.5 Å². The SMILES string of the molecule is CCCCCCCCc1ccc2c3c(ccc2c1)OC(=O)Oc1ccc2cc(CCCCCCCC)ccc2c1-3. The molecule has 0 atom stereocenters. The first-order valence-electron chi connectivity index (χ1n) is 15.7. The molecule has 0 fully saturated rings. The van der Waals surface area contributed by atoms with Crippen LogP contribution in [0.15, 0.2) is 60.7 Å². The molecule has 210 valence electrons. The summed E-state index contributed by atoms with van der Waals surface area (Å²) in [6.45, 7) is 4.52. The molecule has 1 aliphatic rings. The van der Waals surface area contributed by atoms with E-state index in [9.17, 15) is 4.79 Å². The second-order valence-electron chi connectivity index (χ2n) is 11.5. The van der Waals surface area contributed by atoms with Crippen LogP contribution in [0.4, 0.5) is 4.79 Å². The first-order valence-corrected chi connectivity index (χ1v) is 15.7. The first kappa shape index (κ1) is 28.2. The van der Waals surface area contributed by atoms with Crippen molar-refractivity contribution in [1.82, 2.24) is 0 Å². The van der Waals surface area contributed by atoms with Gasteiger partial charge in [-0.2, -0.15) is 0 Å². The Morgan fingerprint density at radius 1 is 0.500 bits per heavy atom. The molecule has 40 heavy (non-hydrogen) atoms. The average molecular weight is 537 g/mol. The van der Waals surface area contributed by atoms with E-state index in [1.807, 2.05) is 12.1 Å². The maximum absolute atomic E-state index is 12.6. The van der Waals surface area contributed by atoms with Gasteiger partial charge in [0.25, 0.3) is 0 Å². The third-order valence-electron chi connectivity index (χ3n) is 8.37. The largest absolute Gasteiger partial charge is 0.519 e. The molecule has 0 saturated heterocycles. The number of unbranched alkanes of at least 4 members (excludes halogenated alkanes) is 10. The van der Waals surface area contributed by atoms with Gasteiger partial charge in [-0.3, -0.25) is 0 Å². The van der Waals surface area contributed by atoms with E-state index in [-0.39, 0.29) is 0 Å². The topological polar surface area (TPSA) is 35.5 Å². The van der Waals surface area contributed by atoms with Gasteiger partial charge in [-0.25, -0.2) is 4.79 Å². The van der Waals surface area contributed by atoms with Crippen LogP contribution in [-0.4, -0.2) is 6.16 Å². The molecule has 3 heteroatoms. The van der Waals surface area contributed by atoms with Crippen LogP contribution in [0.2, 0.25) is 0 Å². The van der Waals surface area contributed by atoms with Crippen molar-refractivity contribution in [1.29, 1.82) is 0 Å². The third-order valence-corrected chi connectivity index (χ3v) is 8.37. The first-order chi connectivity index (χ1) is 19.7. The standard InChI is InChI=1S/C37H44O3/c1-3-5-7-9-11-13-15-27-17-21-31-29(25-27)19-23-33-35(31)36-32-22-18-28(16-14-12-10-8-6-4-2)26-30(32)20-24-34(36)40-37(38)39-33/h17-26H,3-16H2,1-2H3. The Bertz CT molecular complexity index is 1340. The fraction of sp³-hybridized carbons (Fsp3) is 0.432. The highest BCUT2D eigenvalue weighted by atomic mass is 16.7. The van der Waals surface area contributed by atoms with Gasteiger partial charge < -0.3 is 9.47 Å². The summed E-state index contributed by atoms with van der Waals surface area (Å²) < 4.78 is 11.4. The zero-order chi connectivity index (χ0) is 27.7. The van der Waals surface area contributed by atoms with Gasteiger partial charge in [0, 0.05) is 11.1 Å². The highest BCUT2D eigenvalue weighted by Gasteiger charge is 2.26. The summed E-state index contributed by atoms with van der Waals surface area (Å²) in [7, 11) is 0. The van der Waals surface area contributed by atoms with Crippen molar-refractivity contribution < 1.29 is 14.3 Å². The van der Waals surface area contributed by atoms with E-state index >= 15 is 0 Å². The maximum Gasteiger partial charge on any atom is 0.519 e. The van der Waals surface area contributed by atoms with Crippen molar-refractivity contribution in [3.8, 4) is 22.6 Å².